The van der Waals surface area contributed by atoms with E-state index in [9.17, 15) is 0 Å². The molecule has 1 aromatic heterocycles. The number of benzene rings is 1. The lowest BCUT2D eigenvalue weighted by Crippen LogP contribution is -2.12. The minimum Gasteiger partial charge on any atom is -0.397 e. The van der Waals surface area contributed by atoms with E-state index >= 15 is 0 Å². The van der Waals surface area contributed by atoms with Crippen LogP contribution in [0, 0.1) is 5.92 Å². The molecule has 0 amide bonds. The van der Waals surface area contributed by atoms with Gasteiger partial charge in [-0.15, -0.1) is 0 Å². The topological polar surface area (TPSA) is 76.0 Å². The maximum atomic E-state index is 5.96. The zero-order valence-corrected chi connectivity index (χ0v) is 10.9. The van der Waals surface area contributed by atoms with Crippen molar-refractivity contribution in [2.24, 2.45) is 5.92 Å². The fraction of sp³-hybridized carbons (Fsp3) is 0.462. The van der Waals surface area contributed by atoms with Gasteiger partial charge in [0.15, 0.2) is 0 Å². The zero-order chi connectivity index (χ0) is 13.0. The van der Waals surface area contributed by atoms with Gasteiger partial charge in [-0.05, 0) is 18.1 Å². The van der Waals surface area contributed by atoms with E-state index in [4.69, 9.17) is 10.5 Å². The van der Waals surface area contributed by atoms with E-state index in [2.05, 4.69) is 29.4 Å². The van der Waals surface area contributed by atoms with Crippen LogP contribution in [0.25, 0.3) is 10.9 Å². The van der Waals surface area contributed by atoms with E-state index < -0.39 is 0 Å². The highest BCUT2D eigenvalue weighted by Crippen LogP contribution is 2.24. The van der Waals surface area contributed by atoms with Crippen LogP contribution in [-0.2, 0) is 4.74 Å². The van der Waals surface area contributed by atoms with Gasteiger partial charge in [-0.2, -0.15) is 5.10 Å². The number of anilines is 2. The van der Waals surface area contributed by atoms with Gasteiger partial charge >= 0.3 is 0 Å². The molecule has 0 atom stereocenters. The highest BCUT2D eigenvalue weighted by Gasteiger charge is 2.03. The van der Waals surface area contributed by atoms with Crippen molar-refractivity contribution in [1.82, 2.24) is 10.2 Å². The van der Waals surface area contributed by atoms with Crippen molar-refractivity contribution in [2.75, 3.05) is 30.8 Å². The first kappa shape index (κ1) is 12.7. The Morgan fingerprint density at radius 1 is 1.44 bits per heavy atom. The SMILES string of the molecule is CC(C)COCCNc1cc2[nH]ncc2cc1N. The normalized spacial score (nSPS) is 11.3. The molecule has 0 bridgehead atoms. The lowest BCUT2D eigenvalue weighted by molar-refractivity contribution is 0.118. The molecule has 0 unspecified atom stereocenters. The molecule has 0 saturated carbocycles. The van der Waals surface area contributed by atoms with Crippen LogP contribution >= 0.6 is 0 Å². The number of nitrogens with one attached hydrogen (secondary N) is 2. The second kappa shape index (κ2) is 5.73. The summed E-state index contributed by atoms with van der Waals surface area (Å²) in [5.41, 5.74) is 8.59. The Morgan fingerprint density at radius 2 is 2.28 bits per heavy atom. The van der Waals surface area contributed by atoms with Gasteiger partial charge < -0.3 is 15.8 Å². The maximum Gasteiger partial charge on any atom is 0.0672 e. The first-order chi connectivity index (χ1) is 8.66. The van der Waals surface area contributed by atoms with E-state index in [0.717, 1.165) is 35.4 Å². The van der Waals surface area contributed by atoms with Crippen LogP contribution < -0.4 is 11.1 Å². The number of nitrogens with zero attached hydrogens (tertiary/aromatic N) is 1. The molecular weight excluding hydrogens is 228 g/mol. The lowest BCUT2D eigenvalue weighted by atomic mass is 10.2. The molecule has 18 heavy (non-hydrogen) atoms. The first-order valence-electron chi connectivity index (χ1n) is 6.21. The number of H-pyrrole nitrogens is 1. The quantitative estimate of drug-likeness (QED) is 0.541. The molecule has 0 aliphatic rings. The second-order valence-corrected chi connectivity index (χ2v) is 4.79. The molecule has 5 heteroatoms. The summed E-state index contributed by atoms with van der Waals surface area (Å²) in [6.45, 7) is 6.49. The van der Waals surface area contributed by atoms with Crippen molar-refractivity contribution < 1.29 is 4.74 Å². The van der Waals surface area contributed by atoms with Crippen molar-refractivity contribution in [1.29, 1.82) is 0 Å². The second-order valence-electron chi connectivity index (χ2n) is 4.79. The number of nitrogen functional groups attached to an aromatic ring is 1. The lowest BCUT2D eigenvalue weighted by Gasteiger charge is -2.11. The van der Waals surface area contributed by atoms with Crippen LogP contribution in [0.5, 0.6) is 0 Å². The monoisotopic (exact) mass is 248 g/mol. The van der Waals surface area contributed by atoms with Gasteiger partial charge in [-0.3, -0.25) is 5.10 Å². The van der Waals surface area contributed by atoms with Crippen molar-refractivity contribution in [3.05, 3.63) is 18.3 Å². The molecular formula is C13H20N4O. The van der Waals surface area contributed by atoms with Gasteiger partial charge in [0.2, 0.25) is 0 Å². The Morgan fingerprint density at radius 3 is 3.06 bits per heavy atom. The van der Waals surface area contributed by atoms with Gasteiger partial charge in [0.1, 0.15) is 0 Å². The van der Waals surface area contributed by atoms with Gasteiger partial charge in [-0.25, -0.2) is 0 Å². The number of ether oxygens (including phenoxy) is 1. The van der Waals surface area contributed by atoms with Crippen molar-refractivity contribution in [3.63, 3.8) is 0 Å². The molecule has 0 spiro atoms. The standard InChI is InChI=1S/C13H20N4O/c1-9(2)8-18-4-3-15-13-6-12-10(5-11(13)14)7-16-17-12/h5-7,9,15H,3-4,8,14H2,1-2H3,(H,16,17). The summed E-state index contributed by atoms with van der Waals surface area (Å²) in [6, 6.07) is 3.89. The number of hydrogen-bond donors (Lipinski definition) is 3. The van der Waals surface area contributed by atoms with E-state index in [-0.39, 0.29) is 0 Å². The maximum absolute atomic E-state index is 5.96. The van der Waals surface area contributed by atoms with E-state index in [0.29, 0.717) is 12.5 Å². The molecule has 4 N–H and O–H groups in total. The van der Waals surface area contributed by atoms with Crippen molar-refractivity contribution in [3.8, 4) is 0 Å². The van der Waals surface area contributed by atoms with Crippen LogP contribution in [0.1, 0.15) is 13.8 Å². The Hall–Kier alpha value is -1.75. The van der Waals surface area contributed by atoms with Crippen LogP contribution in [-0.4, -0.2) is 30.0 Å². The summed E-state index contributed by atoms with van der Waals surface area (Å²) in [5, 5.41) is 11.2. The summed E-state index contributed by atoms with van der Waals surface area (Å²) in [4.78, 5) is 0. The molecule has 5 nitrogen and oxygen atoms in total. The molecule has 0 fully saturated rings. The van der Waals surface area contributed by atoms with Crippen LogP contribution in [0.4, 0.5) is 11.4 Å². The minimum atomic E-state index is 0.566. The predicted molar refractivity (Wildman–Crippen MR) is 74.7 cm³/mol. The Labute approximate surface area is 107 Å². The summed E-state index contributed by atoms with van der Waals surface area (Å²) in [5.74, 6) is 0.566. The van der Waals surface area contributed by atoms with Crippen molar-refractivity contribution >= 4 is 22.3 Å². The van der Waals surface area contributed by atoms with Gasteiger partial charge in [0.05, 0.1) is 29.7 Å². The number of aromatic nitrogens is 2. The average Bonchev–Trinajstić information content (AvgIpc) is 2.75. The van der Waals surface area contributed by atoms with Crippen LogP contribution in [0.3, 0.4) is 0 Å². The third kappa shape index (κ3) is 3.13. The highest BCUT2D eigenvalue weighted by molar-refractivity contribution is 5.88. The molecule has 0 radical (unpaired) electrons. The number of fused-ring (bicyclic) bond motifs is 1. The Bertz CT molecular complexity index is 507. The van der Waals surface area contributed by atoms with E-state index in [1.807, 2.05) is 12.1 Å². The van der Waals surface area contributed by atoms with E-state index in [1.165, 1.54) is 0 Å². The fourth-order valence-electron chi connectivity index (χ4n) is 1.74. The van der Waals surface area contributed by atoms with E-state index in [1.54, 1.807) is 6.20 Å². The minimum absolute atomic E-state index is 0.566. The molecule has 1 heterocycles. The predicted octanol–water partition coefficient (Wildman–Crippen LogP) is 2.23. The Balaban J connectivity index is 1.88. The number of aromatic amines is 1. The largest absolute Gasteiger partial charge is 0.397 e. The summed E-state index contributed by atoms with van der Waals surface area (Å²) < 4.78 is 5.51. The third-order valence-corrected chi connectivity index (χ3v) is 2.62. The molecule has 0 saturated heterocycles. The Kier molecular flexibility index (Phi) is 4.04. The summed E-state index contributed by atoms with van der Waals surface area (Å²) in [7, 11) is 0. The molecule has 2 rings (SSSR count). The third-order valence-electron chi connectivity index (χ3n) is 2.62. The van der Waals surface area contributed by atoms with Gasteiger partial charge in [0.25, 0.3) is 0 Å². The summed E-state index contributed by atoms with van der Waals surface area (Å²) in [6.07, 6.45) is 1.77. The zero-order valence-electron chi connectivity index (χ0n) is 10.9. The van der Waals surface area contributed by atoms with Crippen molar-refractivity contribution in [2.45, 2.75) is 13.8 Å². The fourth-order valence-corrected chi connectivity index (χ4v) is 1.74. The molecule has 2 aromatic rings. The number of rotatable bonds is 6. The molecule has 98 valence electrons. The molecule has 0 aliphatic heterocycles. The smallest absolute Gasteiger partial charge is 0.0672 e. The summed E-state index contributed by atoms with van der Waals surface area (Å²) >= 11 is 0. The first-order valence-corrected chi connectivity index (χ1v) is 6.21. The molecule has 0 aliphatic carbocycles. The van der Waals surface area contributed by atoms with Gasteiger partial charge in [0, 0.05) is 18.5 Å². The number of nitrogens with two attached hydrogens (primary N) is 1. The van der Waals surface area contributed by atoms with Gasteiger partial charge in [-0.1, -0.05) is 13.8 Å². The average molecular weight is 248 g/mol. The molecule has 1 aromatic carbocycles. The van der Waals surface area contributed by atoms with Crippen LogP contribution in [0.2, 0.25) is 0 Å². The van der Waals surface area contributed by atoms with Crippen LogP contribution in [0.15, 0.2) is 18.3 Å². The highest BCUT2D eigenvalue weighted by atomic mass is 16.5. The number of hydrogen-bond acceptors (Lipinski definition) is 4.